The van der Waals surface area contributed by atoms with Crippen molar-refractivity contribution in [3.63, 3.8) is 0 Å². The summed E-state index contributed by atoms with van der Waals surface area (Å²) in [6.07, 6.45) is 3.78. The molecule has 7 heteroatoms. The van der Waals surface area contributed by atoms with Gasteiger partial charge in [0.25, 0.3) is 0 Å². The highest BCUT2D eigenvalue weighted by Gasteiger charge is 2.35. The lowest BCUT2D eigenvalue weighted by Crippen LogP contribution is -2.48. The predicted octanol–water partition coefficient (Wildman–Crippen LogP) is 2.01. The lowest BCUT2D eigenvalue weighted by Gasteiger charge is -2.38. The highest BCUT2D eigenvalue weighted by molar-refractivity contribution is 7.15. The van der Waals surface area contributed by atoms with Crippen LogP contribution in [0.4, 0.5) is 0 Å². The SMILES string of the molecule is CC1(c2ncc(Cl)s2)CCN(CC(=O)N2CCOCC2)CC1. The van der Waals surface area contributed by atoms with Crippen molar-refractivity contribution in [1.29, 1.82) is 0 Å². The third kappa shape index (κ3) is 3.62. The number of rotatable bonds is 3. The zero-order valence-corrected chi connectivity index (χ0v) is 14.5. The summed E-state index contributed by atoms with van der Waals surface area (Å²) in [6.45, 7) is 7.42. The van der Waals surface area contributed by atoms with Gasteiger partial charge in [0.1, 0.15) is 4.34 Å². The van der Waals surface area contributed by atoms with Crippen LogP contribution in [0.3, 0.4) is 0 Å². The monoisotopic (exact) mass is 343 g/mol. The van der Waals surface area contributed by atoms with Gasteiger partial charge in [0.2, 0.25) is 5.91 Å². The van der Waals surface area contributed by atoms with E-state index in [9.17, 15) is 4.79 Å². The second-order valence-electron chi connectivity index (χ2n) is 6.30. The topological polar surface area (TPSA) is 45.7 Å². The summed E-state index contributed by atoms with van der Waals surface area (Å²) in [4.78, 5) is 20.9. The molecule has 3 heterocycles. The third-order valence-electron chi connectivity index (χ3n) is 4.68. The maximum atomic E-state index is 12.3. The van der Waals surface area contributed by atoms with Gasteiger partial charge >= 0.3 is 0 Å². The number of likely N-dealkylation sites (tertiary alicyclic amines) is 1. The molecule has 2 saturated heterocycles. The van der Waals surface area contributed by atoms with Gasteiger partial charge in [-0.25, -0.2) is 4.98 Å². The van der Waals surface area contributed by atoms with Crippen molar-refractivity contribution in [1.82, 2.24) is 14.8 Å². The number of piperidine rings is 1. The molecule has 2 aliphatic rings. The molecule has 0 aliphatic carbocycles. The van der Waals surface area contributed by atoms with Crippen molar-refractivity contribution in [3.05, 3.63) is 15.5 Å². The van der Waals surface area contributed by atoms with Crippen LogP contribution in [0.1, 0.15) is 24.8 Å². The molecule has 1 aromatic rings. The van der Waals surface area contributed by atoms with E-state index in [1.807, 2.05) is 4.90 Å². The lowest BCUT2D eigenvalue weighted by atomic mass is 9.81. The normalized spacial score (nSPS) is 22.7. The number of morpholine rings is 1. The number of nitrogens with zero attached hydrogens (tertiary/aromatic N) is 3. The molecule has 0 spiro atoms. The number of halogens is 1. The van der Waals surface area contributed by atoms with Crippen molar-refractivity contribution < 1.29 is 9.53 Å². The lowest BCUT2D eigenvalue weighted by molar-refractivity contribution is -0.136. The average Bonchev–Trinajstić information content (AvgIpc) is 2.98. The van der Waals surface area contributed by atoms with Crippen LogP contribution in [-0.2, 0) is 14.9 Å². The van der Waals surface area contributed by atoms with Crippen LogP contribution in [0.15, 0.2) is 6.20 Å². The third-order valence-corrected chi connectivity index (χ3v) is 6.10. The Morgan fingerprint density at radius 1 is 1.36 bits per heavy atom. The molecule has 2 fully saturated rings. The number of thiazole rings is 1. The highest BCUT2D eigenvalue weighted by atomic mass is 35.5. The second kappa shape index (κ2) is 6.83. The Balaban J connectivity index is 1.52. The van der Waals surface area contributed by atoms with Crippen LogP contribution in [0.2, 0.25) is 4.34 Å². The smallest absolute Gasteiger partial charge is 0.236 e. The maximum Gasteiger partial charge on any atom is 0.236 e. The first kappa shape index (κ1) is 16.2. The number of aromatic nitrogens is 1. The Morgan fingerprint density at radius 2 is 2.05 bits per heavy atom. The zero-order valence-electron chi connectivity index (χ0n) is 12.9. The van der Waals surface area contributed by atoms with E-state index in [1.54, 1.807) is 17.5 Å². The van der Waals surface area contributed by atoms with Gasteiger partial charge in [-0.2, -0.15) is 0 Å². The largest absolute Gasteiger partial charge is 0.378 e. The van der Waals surface area contributed by atoms with E-state index in [0.29, 0.717) is 19.8 Å². The van der Waals surface area contributed by atoms with E-state index in [2.05, 4.69) is 16.8 Å². The van der Waals surface area contributed by atoms with Gasteiger partial charge in [0.05, 0.1) is 31.0 Å². The van der Waals surface area contributed by atoms with Gasteiger partial charge in [-0.15, -0.1) is 11.3 Å². The molecular formula is C15H22ClN3O2S. The molecule has 0 atom stereocenters. The molecule has 0 aromatic carbocycles. The molecule has 0 N–H and O–H groups in total. The van der Waals surface area contributed by atoms with Crippen molar-refractivity contribution in [2.75, 3.05) is 45.9 Å². The number of amides is 1. The molecule has 3 rings (SSSR count). The first-order valence-electron chi connectivity index (χ1n) is 7.76. The average molecular weight is 344 g/mol. The molecule has 0 radical (unpaired) electrons. The van der Waals surface area contributed by atoms with E-state index in [-0.39, 0.29) is 11.3 Å². The van der Waals surface area contributed by atoms with Gasteiger partial charge < -0.3 is 9.64 Å². The fourth-order valence-corrected chi connectivity index (χ4v) is 4.17. The van der Waals surface area contributed by atoms with Crippen molar-refractivity contribution in [2.24, 2.45) is 0 Å². The summed E-state index contributed by atoms with van der Waals surface area (Å²) in [6, 6.07) is 0. The van der Waals surface area contributed by atoms with Gasteiger partial charge in [0, 0.05) is 18.5 Å². The van der Waals surface area contributed by atoms with E-state index in [0.717, 1.165) is 48.4 Å². The molecule has 5 nitrogen and oxygen atoms in total. The van der Waals surface area contributed by atoms with E-state index < -0.39 is 0 Å². The van der Waals surface area contributed by atoms with E-state index in [1.165, 1.54) is 0 Å². The predicted molar refractivity (Wildman–Crippen MR) is 87.5 cm³/mol. The minimum atomic E-state index is 0.0936. The molecule has 1 amide bonds. The number of hydrogen-bond acceptors (Lipinski definition) is 5. The molecule has 0 saturated carbocycles. The van der Waals surface area contributed by atoms with Gasteiger partial charge in [-0.05, 0) is 25.9 Å². The van der Waals surface area contributed by atoms with E-state index >= 15 is 0 Å². The summed E-state index contributed by atoms with van der Waals surface area (Å²) in [5, 5.41) is 1.12. The summed E-state index contributed by atoms with van der Waals surface area (Å²) >= 11 is 7.59. The standard InChI is InChI=1S/C15H22ClN3O2S/c1-15(14-17-10-12(16)22-14)2-4-18(5-3-15)11-13(20)19-6-8-21-9-7-19/h10H,2-9,11H2,1H3. The van der Waals surface area contributed by atoms with Crippen LogP contribution in [0.5, 0.6) is 0 Å². The van der Waals surface area contributed by atoms with Crippen LogP contribution >= 0.6 is 22.9 Å². The molecule has 22 heavy (non-hydrogen) atoms. The number of carbonyl (C=O) groups excluding carboxylic acids is 1. The molecule has 0 bridgehead atoms. The van der Waals surface area contributed by atoms with Crippen LogP contribution in [0.25, 0.3) is 0 Å². The second-order valence-corrected chi connectivity index (χ2v) is 7.96. The molecule has 2 aliphatic heterocycles. The Hall–Kier alpha value is -0.690. The van der Waals surface area contributed by atoms with Crippen molar-refractivity contribution >= 4 is 28.8 Å². The number of carbonyl (C=O) groups is 1. The van der Waals surface area contributed by atoms with Gasteiger partial charge in [0.15, 0.2) is 0 Å². The quantitative estimate of drug-likeness (QED) is 0.842. The van der Waals surface area contributed by atoms with Gasteiger partial charge in [-0.1, -0.05) is 18.5 Å². The van der Waals surface area contributed by atoms with Crippen LogP contribution in [0, 0.1) is 0 Å². The van der Waals surface area contributed by atoms with E-state index in [4.69, 9.17) is 16.3 Å². The summed E-state index contributed by atoms with van der Waals surface area (Å²) < 4.78 is 6.05. The fraction of sp³-hybridized carbons (Fsp3) is 0.733. The first-order valence-corrected chi connectivity index (χ1v) is 8.96. The Kier molecular flexibility index (Phi) is 5.02. The molecular weight excluding hydrogens is 322 g/mol. The Morgan fingerprint density at radius 3 is 2.64 bits per heavy atom. The Labute approximate surface area is 140 Å². The Bertz CT molecular complexity index is 523. The van der Waals surface area contributed by atoms with Crippen LogP contribution in [-0.4, -0.2) is 66.6 Å². The molecule has 1 aromatic heterocycles. The highest BCUT2D eigenvalue weighted by Crippen LogP contribution is 2.38. The molecule has 0 unspecified atom stereocenters. The maximum absolute atomic E-state index is 12.3. The summed E-state index contributed by atoms with van der Waals surface area (Å²) in [5.41, 5.74) is 0.0936. The summed E-state index contributed by atoms with van der Waals surface area (Å²) in [5.74, 6) is 0.226. The zero-order chi connectivity index (χ0) is 15.6. The first-order chi connectivity index (χ1) is 10.6. The number of ether oxygens (including phenoxy) is 1. The van der Waals surface area contributed by atoms with Crippen LogP contribution < -0.4 is 0 Å². The summed E-state index contributed by atoms with van der Waals surface area (Å²) in [7, 11) is 0. The van der Waals surface area contributed by atoms with Crippen molar-refractivity contribution in [2.45, 2.75) is 25.2 Å². The minimum absolute atomic E-state index is 0.0936. The minimum Gasteiger partial charge on any atom is -0.378 e. The fourth-order valence-electron chi connectivity index (χ4n) is 3.06. The number of hydrogen-bond donors (Lipinski definition) is 0. The van der Waals surface area contributed by atoms with Crippen molar-refractivity contribution in [3.8, 4) is 0 Å². The molecule has 122 valence electrons. The van der Waals surface area contributed by atoms with Gasteiger partial charge in [-0.3, -0.25) is 9.69 Å².